The SMILES string of the molecule is CCCCCCOc1cccc(C(=O)CBr)c1. The Bertz CT molecular complexity index is 350. The summed E-state index contributed by atoms with van der Waals surface area (Å²) >= 11 is 3.17. The molecule has 0 N–H and O–H groups in total. The van der Waals surface area contributed by atoms with Gasteiger partial charge in [0.15, 0.2) is 5.78 Å². The van der Waals surface area contributed by atoms with E-state index in [0.29, 0.717) is 10.9 Å². The number of halogens is 1. The highest BCUT2D eigenvalue weighted by molar-refractivity contribution is 9.09. The molecule has 0 unspecified atom stereocenters. The molecule has 0 fully saturated rings. The van der Waals surface area contributed by atoms with Crippen LogP contribution in [0.3, 0.4) is 0 Å². The Morgan fingerprint density at radius 2 is 2.12 bits per heavy atom. The molecule has 0 bridgehead atoms. The molecule has 1 rings (SSSR count). The smallest absolute Gasteiger partial charge is 0.173 e. The van der Waals surface area contributed by atoms with Gasteiger partial charge in [0, 0.05) is 5.56 Å². The number of hydrogen-bond donors (Lipinski definition) is 0. The zero-order valence-electron chi connectivity index (χ0n) is 10.2. The summed E-state index contributed by atoms with van der Waals surface area (Å²) in [6.45, 7) is 2.92. The van der Waals surface area contributed by atoms with Crippen molar-refractivity contribution in [2.45, 2.75) is 32.6 Å². The number of hydrogen-bond acceptors (Lipinski definition) is 2. The van der Waals surface area contributed by atoms with E-state index >= 15 is 0 Å². The molecule has 2 nitrogen and oxygen atoms in total. The highest BCUT2D eigenvalue weighted by Crippen LogP contribution is 2.15. The average molecular weight is 299 g/mol. The fourth-order valence-corrected chi connectivity index (χ4v) is 1.88. The van der Waals surface area contributed by atoms with Gasteiger partial charge in [0.1, 0.15) is 5.75 Å². The number of benzene rings is 1. The van der Waals surface area contributed by atoms with E-state index in [-0.39, 0.29) is 5.78 Å². The third-order valence-corrected chi connectivity index (χ3v) is 3.05. The van der Waals surface area contributed by atoms with Crippen molar-refractivity contribution in [1.29, 1.82) is 0 Å². The lowest BCUT2D eigenvalue weighted by molar-refractivity contribution is 0.102. The van der Waals surface area contributed by atoms with E-state index in [9.17, 15) is 4.79 Å². The molecule has 0 aromatic heterocycles. The van der Waals surface area contributed by atoms with Crippen molar-refractivity contribution in [3.8, 4) is 5.75 Å². The topological polar surface area (TPSA) is 26.3 Å². The minimum absolute atomic E-state index is 0.0847. The fourth-order valence-electron chi connectivity index (χ4n) is 1.56. The van der Waals surface area contributed by atoms with E-state index in [1.54, 1.807) is 0 Å². The molecule has 0 saturated carbocycles. The van der Waals surface area contributed by atoms with Gasteiger partial charge >= 0.3 is 0 Å². The summed E-state index contributed by atoms with van der Waals surface area (Å²) < 4.78 is 5.62. The van der Waals surface area contributed by atoms with Crippen LogP contribution in [0.15, 0.2) is 24.3 Å². The Morgan fingerprint density at radius 1 is 1.29 bits per heavy atom. The van der Waals surface area contributed by atoms with Gasteiger partial charge in [-0.05, 0) is 18.6 Å². The summed E-state index contributed by atoms with van der Waals surface area (Å²) in [5.74, 6) is 0.870. The van der Waals surface area contributed by atoms with Gasteiger partial charge in [-0.15, -0.1) is 0 Å². The number of carbonyl (C=O) groups excluding carboxylic acids is 1. The Balaban J connectivity index is 2.40. The van der Waals surface area contributed by atoms with Crippen LogP contribution in [0.5, 0.6) is 5.75 Å². The van der Waals surface area contributed by atoms with Crippen molar-refractivity contribution in [2.75, 3.05) is 11.9 Å². The molecule has 0 saturated heterocycles. The molecule has 0 aliphatic rings. The normalized spacial score (nSPS) is 10.2. The van der Waals surface area contributed by atoms with E-state index < -0.39 is 0 Å². The van der Waals surface area contributed by atoms with Crippen LogP contribution in [0.2, 0.25) is 0 Å². The molecular formula is C14H19BrO2. The standard InChI is InChI=1S/C14H19BrO2/c1-2-3-4-5-9-17-13-8-6-7-12(10-13)14(16)11-15/h6-8,10H,2-5,9,11H2,1H3. The number of ketones is 1. The van der Waals surface area contributed by atoms with Crippen molar-refractivity contribution in [3.63, 3.8) is 0 Å². The van der Waals surface area contributed by atoms with Crippen LogP contribution >= 0.6 is 15.9 Å². The second kappa shape index (κ2) is 8.29. The maximum atomic E-state index is 11.5. The van der Waals surface area contributed by atoms with Crippen molar-refractivity contribution in [3.05, 3.63) is 29.8 Å². The summed E-state index contributed by atoms with van der Waals surface area (Å²) in [5.41, 5.74) is 0.702. The third kappa shape index (κ3) is 5.35. The summed E-state index contributed by atoms with van der Waals surface area (Å²) in [4.78, 5) is 11.5. The first-order chi connectivity index (χ1) is 8.27. The second-order valence-electron chi connectivity index (χ2n) is 3.99. The molecule has 0 radical (unpaired) electrons. The van der Waals surface area contributed by atoms with E-state index in [1.165, 1.54) is 19.3 Å². The van der Waals surface area contributed by atoms with Gasteiger partial charge in [-0.3, -0.25) is 4.79 Å². The minimum Gasteiger partial charge on any atom is -0.494 e. The summed E-state index contributed by atoms with van der Waals surface area (Å²) in [7, 11) is 0. The zero-order chi connectivity index (χ0) is 12.5. The Hall–Kier alpha value is -0.830. The molecule has 1 aromatic rings. The Kier molecular flexibility index (Phi) is 6.94. The molecule has 0 spiro atoms. The maximum absolute atomic E-state index is 11.5. The van der Waals surface area contributed by atoms with Gasteiger partial charge in [-0.2, -0.15) is 0 Å². The molecule has 94 valence electrons. The van der Waals surface area contributed by atoms with Gasteiger partial charge in [0.25, 0.3) is 0 Å². The monoisotopic (exact) mass is 298 g/mol. The van der Waals surface area contributed by atoms with Crippen LogP contribution < -0.4 is 4.74 Å². The van der Waals surface area contributed by atoms with Crippen LogP contribution in [0.25, 0.3) is 0 Å². The molecular weight excluding hydrogens is 280 g/mol. The highest BCUT2D eigenvalue weighted by atomic mass is 79.9. The Labute approximate surface area is 111 Å². The van der Waals surface area contributed by atoms with Crippen LogP contribution in [0, 0.1) is 0 Å². The first-order valence-electron chi connectivity index (χ1n) is 6.10. The molecule has 0 aliphatic heterocycles. The fraction of sp³-hybridized carbons (Fsp3) is 0.500. The van der Waals surface area contributed by atoms with E-state index in [4.69, 9.17) is 4.74 Å². The molecule has 0 atom stereocenters. The number of ether oxygens (including phenoxy) is 1. The first-order valence-corrected chi connectivity index (χ1v) is 7.22. The number of Topliss-reactive ketones (excluding diaryl/α,β-unsaturated/α-hetero) is 1. The van der Waals surface area contributed by atoms with Crippen molar-refractivity contribution < 1.29 is 9.53 Å². The minimum atomic E-state index is 0.0847. The predicted octanol–water partition coefficient (Wildman–Crippen LogP) is 4.22. The molecule has 1 aromatic carbocycles. The van der Waals surface area contributed by atoms with Crippen LogP contribution in [-0.4, -0.2) is 17.7 Å². The van der Waals surface area contributed by atoms with Gasteiger partial charge in [0.05, 0.1) is 11.9 Å². The van der Waals surface area contributed by atoms with Crippen molar-refractivity contribution in [1.82, 2.24) is 0 Å². The lowest BCUT2D eigenvalue weighted by atomic mass is 10.1. The number of carbonyl (C=O) groups is 1. The van der Waals surface area contributed by atoms with Crippen molar-refractivity contribution >= 4 is 21.7 Å². The van der Waals surface area contributed by atoms with E-state index in [2.05, 4.69) is 22.9 Å². The number of alkyl halides is 1. The van der Waals surface area contributed by atoms with Crippen LogP contribution in [-0.2, 0) is 0 Å². The van der Waals surface area contributed by atoms with Crippen LogP contribution in [0.4, 0.5) is 0 Å². The lowest BCUT2D eigenvalue weighted by Crippen LogP contribution is -2.02. The molecule has 3 heteroatoms. The average Bonchev–Trinajstić information content (AvgIpc) is 2.38. The molecule has 0 heterocycles. The summed E-state index contributed by atoms with van der Waals surface area (Å²) in [6.07, 6.45) is 4.77. The van der Waals surface area contributed by atoms with Gasteiger partial charge in [0.2, 0.25) is 0 Å². The zero-order valence-corrected chi connectivity index (χ0v) is 11.8. The molecule has 0 amide bonds. The lowest BCUT2D eigenvalue weighted by Gasteiger charge is -2.07. The molecule has 0 aliphatic carbocycles. The summed E-state index contributed by atoms with van der Waals surface area (Å²) in [5, 5.41) is 0.354. The number of unbranched alkanes of at least 4 members (excludes halogenated alkanes) is 3. The largest absolute Gasteiger partial charge is 0.494 e. The number of rotatable bonds is 8. The van der Waals surface area contributed by atoms with Gasteiger partial charge in [-0.25, -0.2) is 0 Å². The van der Waals surface area contributed by atoms with Crippen molar-refractivity contribution in [2.24, 2.45) is 0 Å². The Morgan fingerprint density at radius 3 is 2.82 bits per heavy atom. The quantitative estimate of drug-likeness (QED) is 0.408. The highest BCUT2D eigenvalue weighted by Gasteiger charge is 2.04. The predicted molar refractivity (Wildman–Crippen MR) is 74.2 cm³/mol. The summed E-state index contributed by atoms with van der Waals surface area (Å²) in [6, 6.07) is 7.37. The second-order valence-corrected chi connectivity index (χ2v) is 4.55. The first kappa shape index (κ1) is 14.2. The van der Waals surface area contributed by atoms with E-state index in [0.717, 1.165) is 18.8 Å². The van der Waals surface area contributed by atoms with Crippen LogP contribution in [0.1, 0.15) is 43.0 Å². The molecule has 17 heavy (non-hydrogen) atoms. The third-order valence-electron chi connectivity index (χ3n) is 2.54. The maximum Gasteiger partial charge on any atom is 0.173 e. The van der Waals surface area contributed by atoms with E-state index in [1.807, 2.05) is 24.3 Å². The van der Waals surface area contributed by atoms with Gasteiger partial charge < -0.3 is 4.74 Å². The van der Waals surface area contributed by atoms with Gasteiger partial charge in [-0.1, -0.05) is 54.2 Å².